The van der Waals surface area contributed by atoms with Gasteiger partial charge in [0.15, 0.2) is 5.78 Å². The van der Waals surface area contributed by atoms with Crippen molar-refractivity contribution in [3.63, 3.8) is 0 Å². The topological polar surface area (TPSA) is 40.9 Å². The second-order valence-corrected chi connectivity index (χ2v) is 7.32. The SMILES string of the molecule is CC(C)c1ccc(C(C#N)C(=O)CC(C)C(C)(C)C)cc1. The summed E-state index contributed by atoms with van der Waals surface area (Å²) in [5, 5.41) is 9.37. The summed E-state index contributed by atoms with van der Waals surface area (Å²) < 4.78 is 0. The number of benzene rings is 1. The summed E-state index contributed by atoms with van der Waals surface area (Å²) in [4.78, 5) is 12.4. The molecule has 0 fully saturated rings. The van der Waals surface area contributed by atoms with Crippen molar-refractivity contribution in [1.29, 1.82) is 5.26 Å². The van der Waals surface area contributed by atoms with Gasteiger partial charge in [-0.1, -0.05) is 65.8 Å². The summed E-state index contributed by atoms with van der Waals surface area (Å²) in [7, 11) is 0. The predicted molar refractivity (Wildman–Crippen MR) is 87.1 cm³/mol. The monoisotopic (exact) mass is 285 g/mol. The Balaban J connectivity index is 2.88. The van der Waals surface area contributed by atoms with Crippen molar-refractivity contribution in [3.8, 4) is 6.07 Å². The van der Waals surface area contributed by atoms with Crippen molar-refractivity contribution in [1.82, 2.24) is 0 Å². The lowest BCUT2D eigenvalue weighted by atomic mass is 9.77. The molecule has 0 radical (unpaired) electrons. The highest BCUT2D eigenvalue weighted by Crippen LogP contribution is 2.31. The van der Waals surface area contributed by atoms with Crippen LogP contribution in [0.1, 0.15) is 70.9 Å². The van der Waals surface area contributed by atoms with Crippen LogP contribution in [-0.4, -0.2) is 5.78 Å². The van der Waals surface area contributed by atoms with Crippen LogP contribution in [0.2, 0.25) is 0 Å². The molecular formula is C19H27NO. The molecule has 0 amide bonds. The Labute approximate surface area is 129 Å². The van der Waals surface area contributed by atoms with Gasteiger partial charge in [0, 0.05) is 6.42 Å². The zero-order valence-electron chi connectivity index (χ0n) is 14.1. The van der Waals surface area contributed by atoms with Gasteiger partial charge in [-0.05, 0) is 28.4 Å². The molecule has 0 bridgehead atoms. The van der Waals surface area contributed by atoms with Gasteiger partial charge in [-0.2, -0.15) is 5.26 Å². The van der Waals surface area contributed by atoms with Gasteiger partial charge in [-0.25, -0.2) is 0 Å². The maximum Gasteiger partial charge on any atom is 0.154 e. The first-order chi connectivity index (χ1) is 9.66. The number of hydrogen-bond acceptors (Lipinski definition) is 2. The molecular weight excluding hydrogens is 258 g/mol. The normalized spacial score (nSPS) is 14.6. The number of Topliss-reactive ketones (excluding diaryl/α,β-unsaturated/α-hetero) is 1. The fourth-order valence-electron chi connectivity index (χ4n) is 2.13. The molecule has 0 aliphatic rings. The Morgan fingerprint density at radius 3 is 1.95 bits per heavy atom. The minimum absolute atomic E-state index is 0.0252. The third-order valence-electron chi connectivity index (χ3n) is 4.37. The lowest BCUT2D eigenvalue weighted by Crippen LogP contribution is -2.23. The van der Waals surface area contributed by atoms with E-state index in [0.29, 0.717) is 12.3 Å². The number of carbonyl (C=O) groups excluding carboxylic acids is 1. The molecule has 1 rings (SSSR count). The Morgan fingerprint density at radius 1 is 1.10 bits per heavy atom. The first-order valence-electron chi connectivity index (χ1n) is 7.69. The van der Waals surface area contributed by atoms with E-state index in [1.165, 1.54) is 5.56 Å². The van der Waals surface area contributed by atoms with Crippen molar-refractivity contribution in [2.75, 3.05) is 0 Å². The first-order valence-corrected chi connectivity index (χ1v) is 7.69. The zero-order valence-corrected chi connectivity index (χ0v) is 14.1. The Kier molecular flexibility index (Phi) is 5.72. The van der Waals surface area contributed by atoms with Crippen molar-refractivity contribution in [2.24, 2.45) is 11.3 Å². The smallest absolute Gasteiger partial charge is 0.154 e. The second-order valence-electron chi connectivity index (χ2n) is 7.32. The van der Waals surface area contributed by atoms with Crippen LogP contribution in [0.25, 0.3) is 0 Å². The van der Waals surface area contributed by atoms with Gasteiger partial charge in [0.1, 0.15) is 5.92 Å². The zero-order chi connectivity index (χ0) is 16.2. The number of hydrogen-bond donors (Lipinski definition) is 0. The van der Waals surface area contributed by atoms with Gasteiger partial charge in [0.2, 0.25) is 0 Å². The van der Waals surface area contributed by atoms with Crippen LogP contribution in [-0.2, 0) is 4.79 Å². The molecule has 0 heterocycles. The number of carbonyl (C=O) groups is 1. The van der Waals surface area contributed by atoms with E-state index in [9.17, 15) is 10.1 Å². The third-order valence-corrected chi connectivity index (χ3v) is 4.37. The van der Waals surface area contributed by atoms with E-state index in [-0.39, 0.29) is 17.1 Å². The average molecular weight is 285 g/mol. The minimum atomic E-state index is -0.643. The van der Waals surface area contributed by atoms with E-state index in [1.54, 1.807) is 0 Å². The number of nitrogens with zero attached hydrogens (tertiary/aromatic N) is 1. The van der Waals surface area contributed by atoms with Crippen LogP contribution >= 0.6 is 0 Å². The van der Waals surface area contributed by atoms with Gasteiger partial charge >= 0.3 is 0 Å². The summed E-state index contributed by atoms with van der Waals surface area (Å²) in [6, 6.07) is 10.1. The number of nitriles is 1. The van der Waals surface area contributed by atoms with Crippen LogP contribution in [0.3, 0.4) is 0 Å². The van der Waals surface area contributed by atoms with E-state index in [2.05, 4.69) is 47.6 Å². The fourth-order valence-corrected chi connectivity index (χ4v) is 2.13. The van der Waals surface area contributed by atoms with Crippen LogP contribution < -0.4 is 0 Å². The standard InChI is InChI=1S/C19H27NO/c1-13(2)15-7-9-16(10-8-15)17(12-20)18(21)11-14(3)19(4,5)6/h7-10,13-14,17H,11H2,1-6H3. The van der Waals surface area contributed by atoms with Gasteiger partial charge in [-0.3, -0.25) is 4.79 Å². The predicted octanol–water partition coefficient (Wildman–Crippen LogP) is 5.06. The Bertz CT molecular complexity index is 514. The van der Waals surface area contributed by atoms with Crippen molar-refractivity contribution in [3.05, 3.63) is 35.4 Å². The Hall–Kier alpha value is -1.62. The molecule has 0 aliphatic carbocycles. The van der Waals surface area contributed by atoms with E-state index in [1.807, 2.05) is 24.3 Å². The summed E-state index contributed by atoms with van der Waals surface area (Å²) in [6.45, 7) is 12.7. The number of ketones is 1. The summed E-state index contributed by atoms with van der Waals surface area (Å²) in [5.74, 6) is 0.0974. The van der Waals surface area contributed by atoms with E-state index < -0.39 is 5.92 Å². The summed E-state index contributed by atoms with van der Waals surface area (Å²) >= 11 is 0. The molecule has 0 saturated heterocycles. The molecule has 0 N–H and O–H groups in total. The quantitative estimate of drug-likeness (QED) is 0.758. The van der Waals surface area contributed by atoms with Crippen molar-refractivity contribution >= 4 is 5.78 Å². The van der Waals surface area contributed by atoms with Crippen LogP contribution in [0.4, 0.5) is 0 Å². The van der Waals surface area contributed by atoms with Gasteiger partial charge in [-0.15, -0.1) is 0 Å². The molecule has 2 unspecified atom stereocenters. The second kappa shape index (κ2) is 6.89. The molecule has 0 spiro atoms. The molecule has 0 aromatic heterocycles. The number of rotatable bonds is 5. The van der Waals surface area contributed by atoms with Gasteiger partial charge in [0.05, 0.1) is 6.07 Å². The highest BCUT2D eigenvalue weighted by Gasteiger charge is 2.27. The average Bonchev–Trinajstić information content (AvgIpc) is 2.39. The Morgan fingerprint density at radius 2 is 1.57 bits per heavy atom. The lowest BCUT2D eigenvalue weighted by Gasteiger charge is -2.27. The highest BCUT2D eigenvalue weighted by molar-refractivity contribution is 5.88. The van der Waals surface area contributed by atoms with Gasteiger partial charge < -0.3 is 0 Å². The van der Waals surface area contributed by atoms with E-state index in [0.717, 1.165) is 5.56 Å². The molecule has 2 nitrogen and oxygen atoms in total. The largest absolute Gasteiger partial charge is 0.298 e. The maximum atomic E-state index is 12.4. The van der Waals surface area contributed by atoms with Crippen LogP contribution in [0, 0.1) is 22.7 Å². The molecule has 1 aromatic rings. The van der Waals surface area contributed by atoms with Crippen molar-refractivity contribution in [2.45, 2.75) is 59.8 Å². The molecule has 21 heavy (non-hydrogen) atoms. The molecule has 0 aliphatic heterocycles. The highest BCUT2D eigenvalue weighted by atomic mass is 16.1. The van der Waals surface area contributed by atoms with Crippen LogP contribution in [0.15, 0.2) is 24.3 Å². The van der Waals surface area contributed by atoms with Crippen LogP contribution in [0.5, 0.6) is 0 Å². The first kappa shape index (κ1) is 17.4. The third kappa shape index (κ3) is 4.70. The lowest BCUT2D eigenvalue weighted by molar-refractivity contribution is -0.120. The van der Waals surface area contributed by atoms with Crippen molar-refractivity contribution < 1.29 is 4.79 Å². The van der Waals surface area contributed by atoms with E-state index >= 15 is 0 Å². The minimum Gasteiger partial charge on any atom is -0.298 e. The van der Waals surface area contributed by atoms with Gasteiger partial charge in [0.25, 0.3) is 0 Å². The summed E-state index contributed by atoms with van der Waals surface area (Å²) in [5.41, 5.74) is 2.12. The molecule has 1 aromatic carbocycles. The fraction of sp³-hybridized carbons (Fsp3) is 0.579. The molecule has 114 valence electrons. The summed E-state index contributed by atoms with van der Waals surface area (Å²) in [6.07, 6.45) is 0.452. The van der Waals surface area contributed by atoms with E-state index in [4.69, 9.17) is 0 Å². The molecule has 2 heteroatoms. The molecule has 0 saturated carbocycles. The molecule has 2 atom stereocenters. The maximum absolute atomic E-state index is 12.4.